The molecule has 1 rings (SSSR count). The lowest BCUT2D eigenvalue weighted by molar-refractivity contribution is -0.268. The molecular formula is C9H5F2O3-. The number of benzene rings is 1. The highest BCUT2D eigenvalue weighted by atomic mass is 19.1. The summed E-state index contributed by atoms with van der Waals surface area (Å²) >= 11 is 0. The number of hydrogen-bond acceptors (Lipinski definition) is 2. The fourth-order valence-electron chi connectivity index (χ4n) is 0.875. The van der Waals surface area contributed by atoms with Gasteiger partial charge in [-0.1, -0.05) is 0 Å². The van der Waals surface area contributed by atoms with Crippen LogP contribution in [0.25, 0.3) is 6.08 Å². The number of carboxylic acid groups (broad SMARTS) is 1. The van der Waals surface area contributed by atoms with Gasteiger partial charge in [-0.2, -0.15) is 0 Å². The molecule has 0 bridgehead atoms. The molecule has 0 aromatic heterocycles. The molecular weight excluding hydrogens is 194 g/mol. The first-order valence-electron chi connectivity index (χ1n) is 3.58. The third-order valence-corrected chi connectivity index (χ3v) is 1.45. The quantitative estimate of drug-likeness (QED) is 0.726. The molecule has 0 heterocycles. The molecule has 1 aromatic rings. The molecule has 0 unspecified atom stereocenters. The summed E-state index contributed by atoms with van der Waals surface area (Å²) in [7, 11) is 0. The van der Waals surface area contributed by atoms with E-state index >= 15 is 0 Å². The summed E-state index contributed by atoms with van der Waals surface area (Å²) in [6, 6.07) is 1.18. The van der Waals surface area contributed by atoms with Crippen LogP contribution in [0.2, 0.25) is 0 Å². The van der Waals surface area contributed by atoms with Gasteiger partial charge in [0, 0.05) is 11.6 Å². The van der Waals surface area contributed by atoms with Gasteiger partial charge in [0.15, 0.2) is 0 Å². The van der Waals surface area contributed by atoms with Gasteiger partial charge in [-0.25, -0.2) is 13.6 Å². The Bertz CT molecular complexity index is 376. The summed E-state index contributed by atoms with van der Waals surface area (Å²) in [6.07, 6.45) is 1.35. The molecule has 3 nitrogen and oxygen atoms in total. The van der Waals surface area contributed by atoms with Crippen molar-refractivity contribution in [3.63, 3.8) is 0 Å². The van der Waals surface area contributed by atoms with Crippen molar-refractivity contribution in [2.45, 2.75) is 0 Å². The van der Waals surface area contributed by atoms with Gasteiger partial charge in [-0.05, 0) is 18.2 Å². The van der Waals surface area contributed by atoms with Gasteiger partial charge < -0.3 is 10.2 Å². The number of hydrogen-bond donors (Lipinski definition) is 1. The number of carbonyl (C=O) groups is 1. The van der Waals surface area contributed by atoms with Crippen molar-refractivity contribution in [1.82, 2.24) is 0 Å². The van der Waals surface area contributed by atoms with Crippen LogP contribution in [0.4, 0.5) is 8.78 Å². The fraction of sp³-hybridized carbons (Fsp3) is 0. The highest BCUT2D eigenvalue weighted by Gasteiger charge is 2.05. The minimum absolute atomic E-state index is 0.535. The number of aliphatic carboxylic acids is 1. The van der Waals surface area contributed by atoms with Crippen molar-refractivity contribution in [1.29, 1.82) is 0 Å². The van der Waals surface area contributed by atoms with E-state index in [2.05, 4.69) is 0 Å². The molecule has 0 saturated carbocycles. The lowest BCUT2D eigenvalue weighted by Crippen LogP contribution is -1.96. The second-order valence-electron chi connectivity index (χ2n) is 2.47. The highest BCUT2D eigenvalue weighted by molar-refractivity contribution is 5.85. The second-order valence-corrected chi connectivity index (χ2v) is 2.47. The van der Waals surface area contributed by atoms with Gasteiger partial charge in [0.2, 0.25) is 0 Å². The van der Waals surface area contributed by atoms with Crippen LogP contribution in [-0.4, -0.2) is 11.1 Å². The molecule has 0 amide bonds. The van der Waals surface area contributed by atoms with Crippen LogP contribution in [0.3, 0.4) is 0 Å². The van der Waals surface area contributed by atoms with Gasteiger partial charge in [0.05, 0.1) is 0 Å². The summed E-state index contributed by atoms with van der Waals surface area (Å²) in [5.41, 5.74) is -0.535. The molecule has 5 heteroatoms. The molecule has 0 atom stereocenters. The topological polar surface area (TPSA) is 60.4 Å². The Kier molecular flexibility index (Phi) is 2.81. The largest absolute Gasteiger partial charge is 0.872 e. The van der Waals surface area contributed by atoms with Gasteiger partial charge in [0.1, 0.15) is 11.6 Å². The Labute approximate surface area is 77.9 Å². The molecule has 1 aromatic carbocycles. The molecule has 0 radical (unpaired) electrons. The SMILES string of the molecule is O=C(O)/C=C/c1c(F)cc([O-])cc1F. The van der Waals surface area contributed by atoms with E-state index in [9.17, 15) is 18.7 Å². The lowest BCUT2D eigenvalue weighted by Gasteiger charge is -2.07. The van der Waals surface area contributed by atoms with Crippen LogP contribution >= 0.6 is 0 Å². The Morgan fingerprint density at radius 3 is 2.29 bits per heavy atom. The predicted octanol–water partition coefficient (Wildman–Crippen LogP) is 1.14. The molecule has 0 spiro atoms. The smallest absolute Gasteiger partial charge is 0.328 e. The predicted molar refractivity (Wildman–Crippen MR) is 42.5 cm³/mol. The first kappa shape index (κ1) is 10.2. The van der Waals surface area contributed by atoms with Crippen molar-refractivity contribution < 1.29 is 23.8 Å². The summed E-state index contributed by atoms with van der Waals surface area (Å²) in [5.74, 6) is -4.28. The molecule has 0 aliphatic carbocycles. The van der Waals surface area contributed by atoms with Crippen molar-refractivity contribution in [3.8, 4) is 5.75 Å². The summed E-state index contributed by atoms with van der Waals surface area (Å²) in [4.78, 5) is 10.1. The molecule has 1 N–H and O–H groups in total. The average molecular weight is 199 g/mol. The fourth-order valence-corrected chi connectivity index (χ4v) is 0.875. The highest BCUT2D eigenvalue weighted by Crippen LogP contribution is 2.18. The average Bonchev–Trinajstić information content (AvgIpc) is 2.01. The van der Waals surface area contributed by atoms with Gasteiger partial charge in [-0.3, -0.25) is 0 Å². The minimum Gasteiger partial charge on any atom is -0.872 e. The van der Waals surface area contributed by atoms with E-state index in [0.29, 0.717) is 18.2 Å². The van der Waals surface area contributed by atoms with Gasteiger partial charge in [0.25, 0.3) is 0 Å². The van der Waals surface area contributed by atoms with Crippen LogP contribution in [0.5, 0.6) is 5.75 Å². The van der Waals surface area contributed by atoms with E-state index in [4.69, 9.17) is 5.11 Å². The Hall–Kier alpha value is -1.91. The van der Waals surface area contributed by atoms with Gasteiger partial charge in [-0.15, -0.1) is 5.75 Å². The number of carboxylic acids is 1. The summed E-state index contributed by atoms with van der Waals surface area (Å²) < 4.78 is 25.8. The van der Waals surface area contributed by atoms with Crippen molar-refractivity contribution in [2.24, 2.45) is 0 Å². The number of rotatable bonds is 2. The standard InChI is InChI=1S/C9H6F2O3/c10-7-3-5(12)4-8(11)6(7)1-2-9(13)14/h1-4,12H,(H,13,14)/p-1/b2-1+. The van der Waals surface area contributed by atoms with Crippen molar-refractivity contribution >= 4 is 12.0 Å². The molecule has 14 heavy (non-hydrogen) atoms. The molecule has 0 aliphatic heterocycles. The maximum Gasteiger partial charge on any atom is 0.328 e. The third kappa shape index (κ3) is 2.29. The monoisotopic (exact) mass is 199 g/mol. The molecule has 74 valence electrons. The first-order chi connectivity index (χ1) is 6.50. The van der Waals surface area contributed by atoms with Crippen LogP contribution in [-0.2, 0) is 4.79 Å². The van der Waals surface area contributed by atoms with E-state index in [1.165, 1.54) is 0 Å². The Balaban J connectivity index is 3.15. The first-order valence-corrected chi connectivity index (χ1v) is 3.58. The Morgan fingerprint density at radius 2 is 1.86 bits per heavy atom. The zero-order valence-electron chi connectivity index (χ0n) is 6.83. The number of halogens is 2. The second kappa shape index (κ2) is 3.87. The van der Waals surface area contributed by atoms with E-state index in [0.717, 1.165) is 6.08 Å². The van der Waals surface area contributed by atoms with Crippen LogP contribution < -0.4 is 5.11 Å². The van der Waals surface area contributed by atoms with Crippen LogP contribution in [0.1, 0.15) is 5.56 Å². The van der Waals surface area contributed by atoms with E-state index in [1.807, 2.05) is 0 Å². The maximum atomic E-state index is 12.9. The summed E-state index contributed by atoms with van der Waals surface area (Å²) in [6.45, 7) is 0. The zero-order chi connectivity index (χ0) is 10.7. The molecule has 0 aliphatic rings. The zero-order valence-corrected chi connectivity index (χ0v) is 6.83. The maximum absolute atomic E-state index is 12.9. The summed E-state index contributed by atoms with van der Waals surface area (Å²) in [5, 5.41) is 18.8. The van der Waals surface area contributed by atoms with Gasteiger partial charge >= 0.3 is 5.97 Å². The lowest BCUT2D eigenvalue weighted by atomic mass is 10.1. The normalized spacial score (nSPS) is 10.7. The van der Waals surface area contributed by atoms with Crippen LogP contribution in [0.15, 0.2) is 18.2 Å². The van der Waals surface area contributed by atoms with Crippen LogP contribution in [0, 0.1) is 11.6 Å². The van der Waals surface area contributed by atoms with Crippen molar-refractivity contribution in [3.05, 3.63) is 35.4 Å². The minimum atomic E-state index is -1.32. The van der Waals surface area contributed by atoms with E-state index in [1.54, 1.807) is 0 Å². The van der Waals surface area contributed by atoms with E-state index in [-0.39, 0.29) is 0 Å². The molecule has 0 saturated heterocycles. The molecule has 0 fully saturated rings. The third-order valence-electron chi connectivity index (χ3n) is 1.45. The Morgan fingerprint density at radius 1 is 1.36 bits per heavy atom. The van der Waals surface area contributed by atoms with Crippen molar-refractivity contribution in [2.75, 3.05) is 0 Å². The van der Waals surface area contributed by atoms with E-state index < -0.39 is 28.9 Å².